The van der Waals surface area contributed by atoms with E-state index in [-0.39, 0.29) is 28.7 Å². The molecule has 2 heterocycles. The van der Waals surface area contributed by atoms with Crippen molar-refractivity contribution in [3.05, 3.63) is 70.4 Å². The Morgan fingerprint density at radius 1 is 1.23 bits per heavy atom. The van der Waals surface area contributed by atoms with Gasteiger partial charge in [0, 0.05) is 18.3 Å². The average Bonchev–Trinajstić information content (AvgIpc) is 2.99. The van der Waals surface area contributed by atoms with Gasteiger partial charge in [0.05, 0.1) is 16.9 Å². The van der Waals surface area contributed by atoms with Gasteiger partial charge in [-0.15, -0.1) is 0 Å². The molecule has 0 unspecified atom stereocenters. The Morgan fingerprint density at radius 2 is 1.93 bits per heavy atom. The summed E-state index contributed by atoms with van der Waals surface area (Å²) in [6.45, 7) is -0.0690. The van der Waals surface area contributed by atoms with Gasteiger partial charge in [-0.25, -0.2) is 14.1 Å². The lowest BCUT2D eigenvalue weighted by atomic mass is 10.2. The first-order valence-corrected chi connectivity index (χ1v) is 8.96. The predicted octanol–water partition coefficient (Wildman–Crippen LogP) is 4.24. The average molecular weight is 443 g/mol. The van der Waals surface area contributed by atoms with Gasteiger partial charge in [-0.2, -0.15) is 18.3 Å². The summed E-state index contributed by atoms with van der Waals surface area (Å²) in [5.41, 5.74) is 1.12. The maximum Gasteiger partial charge on any atom is 0.422 e. The van der Waals surface area contributed by atoms with Crippen molar-refractivity contribution < 1.29 is 27.1 Å². The van der Waals surface area contributed by atoms with Crippen molar-refractivity contribution in [2.45, 2.75) is 19.6 Å². The summed E-state index contributed by atoms with van der Waals surface area (Å²) >= 11 is 6.30. The van der Waals surface area contributed by atoms with E-state index in [9.17, 15) is 22.4 Å². The highest BCUT2D eigenvalue weighted by atomic mass is 35.5. The normalized spacial score (nSPS) is 11.4. The van der Waals surface area contributed by atoms with Crippen LogP contribution in [0, 0.1) is 12.7 Å². The van der Waals surface area contributed by atoms with E-state index in [4.69, 9.17) is 16.3 Å². The minimum atomic E-state index is -4.52. The zero-order valence-electron chi connectivity index (χ0n) is 15.5. The van der Waals surface area contributed by atoms with Gasteiger partial charge in [0.25, 0.3) is 5.91 Å². The number of rotatable bonds is 6. The van der Waals surface area contributed by atoms with E-state index in [1.807, 2.05) is 0 Å². The molecule has 0 aliphatic heterocycles. The van der Waals surface area contributed by atoms with Gasteiger partial charge in [0.2, 0.25) is 5.88 Å². The molecule has 0 radical (unpaired) electrons. The molecule has 158 valence electrons. The third-order valence-electron chi connectivity index (χ3n) is 3.96. The molecule has 0 bridgehead atoms. The molecule has 0 atom stereocenters. The summed E-state index contributed by atoms with van der Waals surface area (Å²) in [6, 6.07) is 8.35. The number of alkyl halides is 3. The third kappa shape index (κ3) is 5.07. The third-order valence-corrected chi connectivity index (χ3v) is 4.31. The Kier molecular flexibility index (Phi) is 6.25. The molecule has 0 aliphatic rings. The Labute approximate surface area is 173 Å². The molecular weight excluding hydrogens is 428 g/mol. The second-order valence-electron chi connectivity index (χ2n) is 6.19. The Morgan fingerprint density at radius 3 is 2.60 bits per heavy atom. The van der Waals surface area contributed by atoms with Crippen LogP contribution in [0.1, 0.15) is 21.6 Å². The van der Waals surface area contributed by atoms with Crippen LogP contribution in [0.25, 0.3) is 5.69 Å². The van der Waals surface area contributed by atoms with Crippen LogP contribution in [0.2, 0.25) is 5.15 Å². The zero-order chi connectivity index (χ0) is 21.9. The summed E-state index contributed by atoms with van der Waals surface area (Å²) in [4.78, 5) is 16.4. The van der Waals surface area contributed by atoms with Crippen LogP contribution in [0.15, 0.2) is 42.6 Å². The Hall–Kier alpha value is -3.14. The molecule has 1 aromatic carbocycles. The quantitative estimate of drug-likeness (QED) is 0.580. The van der Waals surface area contributed by atoms with Gasteiger partial charge in [0.1, 0.15) is 11.0 Å². The molecule has 3 aromatic rings. The highest BCUT2D eigenvalue weighted by Crippen LogP contribution is 2.24. The lowest BCUT2D eigenvalue weighted by Gasteiger charge is -2.12. The van der Waals surface area contributed by atoms with Crippen molar-refractivity contribution in [3.63, 3.8) is 0 Å². The van der Waals surface area contributed by atoms with Gasteiger partial charge >= 0.3 is 6.18 Å². The number of aromatic nitrogens is 3. The van der Waals surface area contributed by atoms with E-state index < -0.39 is 24.5 Å². The van der Waals surface area contributed by atoms with Crippen molar-refractivity contribution >= 4 is 17.5 Å². The number of ether oxygens (including phenoxy) is 1. The molecule has 0 saturated carbocycles. The molecule has 3 rings (SSSR count). The molecule has 30 heavy (non-hydrogen) atoms. The fourth-order valence-electron chi connectivity index (χ4n) is 2.61. The standard InChI is InChI=1S/C19H15ClF4N4O2/c1-11-15(16(20)28(27-11)14-6-4-13(21)5-7-14)17(29)26-9-12-3-2-8-25-18(12)30-10-19(22,23)24/h2-8H,9-10H2,1H3,(H,26,29). The monoisotopic (exact) mass is 442 g/mol. The summed E-state index contributed by atoms with van der Waals surface area (Å²) < 4.78 is 56.3. The highest BCUT2D eigenvalue weighted by molar-refractivity contribution is 6.33. The smallest absolute Gasteiger partial charge is 0.422 e. The topological polar surface area (TPSA) is 69.0 Å². The van der Waals surface area contributed by atoms with E-state index in [1.54, 1.807) is 6.92 Å². The first-order valence-electron chi connectivity index (χ1n) is 8.58. The van der Waals surface area contributed by atoms with Crippen molar-refractivity contribution in [2.24, 2.45) is 0 Å². The Balaban J connectivity index is 1.76. The number of benzene rings is 1. The fourth-order valence-corrected chi connectivity index (χ4v) is 2.97. The molecule has 1 N–H and O–H groups in total. The number of halogens is 5. The molecule has 11 heteroatoms. The second-order valence-corrected chi connectivity index (χ2v) is 6.55. The summed E-state index contributed by atoms with van der Waals surface area (Å²) in [5.74, 6) is -1.26. The van der Waals surface area contributed by atoms with Crippen molar-refractivity contribution in [2.75, 3.05) is 6.61 Å². The predicted molar refractivity (Wildman–Crippen MR) is 100 cm³/mol. The number of carbonyl (C=O) groups is 1. The first-order chi connectivity index (χ1) is 14.2. The first kappa shape index (κ1) is 21.6. The number of hydrogen-bond acceptors (Lipinski definition) is 4. The van der Waals surface area contributed by atoms with Gasteiger partial charge in [-0.1, -0.05) is 17.7 Å². The minimum absolute atomic E-state index is 0.0105. The van der Waals surface area contributed by atoms with Gasteiger partial charge in [0.15, 0.2) is 6.61 Å². The van der Waals surface area contributed by atoms with E-state index in [0.29, 0.717) is 11.4 Å². The molecule has 0 saturated heterocycles. The van der Waals surface area contributed by atoms with Crippen LogP contribution in [-0.4, -0.2) is 33.5 Å². The molecular formula is C19H15ClF4N4O2. The maximum atomic E-state index is 13.1. The van der Waals surface area contributed by atoms with Gasteiger partial charge < -0.3 is 10.1 Å². The van der Waals surface area contributed by atoms with Gasteiger partial charge in [-0.3, -0.25) is 4.79 Å². The molecule has 0 aliphatic carbocycles. The summed E-state index contributed by atoms with van der Waals surface area (Å²) in [5, 5.41) is 6.78. The second kappa shape index (κ2) is 8.70. The molecule has 0 spiro atoms. The Bertz CT molecular complexity index is 1050. The summed E-state index contributed by atoms with van der Waals surface area (Å²) in [6.07, 6.45) is -3.23. The molecule has 1 amide bonds. The van der Waals surface area contributed by atoms with Crippen molar-refractivity contribution in [3.8, 4) is 11.6 Å². The maximum absolute atomic E-state index is 13.1. The number of nitrogens with one attached hydrogen (secondary N) is 1. The van der Waals surface area contributed by atoms with E-state index in [0.717, 1.165) is 0 Å². The lowest BCUT2D eigenvalue weighted by Crippen LogP contribution is -2.25. The number of pyridine rings is 1. The minimum Gasteiger partial charge on any atom is -0.468 e. The van der Waals surface area contributed by atoms with Crippen LogP contribution in [0.5, 0.6) is 5.88 Å². The molecule has 2 aromatic heterocycles. The van der Waals surface area contributed by atoms with Crippen LogP contribution in [0.4, 0.5) is 17.6 Å². The van der Waals surface area contributed by atoms with Crippen molar-refractivity contribution in [1.29, 1.82) is 0 Å². The fraction of sp³-hybridized carbons (Fsp3) is 0.211. The van der Waals surface area contributed by atoms with Gasteiger partial charge in [-0.05, 0) is 37.3 Å². The largest absolute Gasteiger partial charge is 0.468 e. The van der Waals surface area contributed by atoms with E-state index in [2.05, 4.69) is 15.4 Å². The number of carbonyl (C=O) groups excluding carboxylic acids is 1. The van der Waals surface area contributed by atoms with E-state index >= 15 is 0 Å². The van der Waals surface area contributed by atoms with Crippen LogP contribution in [-0.2, 0) is 6.54 Å². The number of amides is 1. The highest BCUT2D eigenvalue weighted by Gasteiger charge is 2.29. The van der Waals surface area contributed by atoms with Crippen molar-refractivity contribution in [1.82, 2.24) is 20.1 Å². The summed E-state index contributed by atoms with van der Waals surface area (Å²) in [7, 11) is 0. The van der Waals surface area contributed by atoms with Crippen LogP contribution >= 0.6 is 11.6 Å². The number of nitrogens with zero attached hydrogens (tertiary/aromatic N) is 3. The SMILES string of the molecule is Cc1nn(-c2ccc(F)cc2)c(Cl)c1C(=O)NCc1cccnc1OCC(F)(F)F. The number of hydrogen-bond donors (Lipinski definition) is 1. The van der Waals surface area contributed by atoms with Crippen LogP contribution in [0.3, 0.4) is 0 Å². The lowest BCUT2D eigenvalue weighted by molar-refractivity contribution is -0.154. The number of aryl methyl sites for hydroxylation is 1. The molecule has 6 nitrogen and oxygen atoms in total. The zero-order valence-corrected chi connectivity index (χ0v) is 16.3. The molecule has 0 fully saturated rings. The van der Waals surface area contributed by atoms with Crippen LogP contribution < -0.4 is 10.1 Å². The van der Waals surface area contributed by atoms with E-state index in [1.165, 1.54) is 47.3 Å².